The van der Waals surface area contributed by atoms with Gasteiger partial charge in [-0.15, -0.1) is 0 Å². The molecular formula is C16H13Cl3O3. The second-order valence-corrected chi connectivity index (χ2v) is 6.10. The lowest BCUT2D eigenvalue weighted by Gasteiger charge is -2.12. The van der Waals surface area contributed by atoms with Gasteiger partial charge in [0.05, 0.1) is 21.7 Å². The van der Waals surface area contributed by atoms with Crippen LogP contribution in [-0.4, -0.2) is 16.2 Å². The molecule has 3 nitrogen and oxygen atoms in total. The molecule has 0 radical (unpaired) electrons. The molecule has 116 valence electrons. The average molecular weight is 360 g/mol. The zero-order valence-electron chi connectivity index (χ0n) is 11.4. The molecule has 2 N–H and O–H groups in total. The summed E-state index contributed by atoms with van der Waals surface area (Å²) >= 11 is 17.8. The topological polar surface area (TPSA) is 57.5 Å². The Morgan fingerprint density at radius 3 is 2.27 bits per heavy atom. The second-order valence-electron chi connectivity index (χ2n) is 4.85. The average Bonchev–Trinajstić information content (AvgIpc) is 2.43. The second kappa shape index (κ2) is 7.34. The molecule has 0 heterocycles. The summed E-state index contributed by atoms with van der Waals surface area (Å²) in [5.41, 5.74) is 1.38. The number of aryl methyl sites for hydroxylation is 1. The summed E-state index contributed by atoms with van der Waals surface area (Å²) < 4.78 is 0. The first-order valence-corrected chi connectivity index (χ1v) is 7.66. The summed E-state index contributed by atoms with van der Waals surface area (Å²) in [6, 6.07) is 10.1. The van der Waals surface area contributed by atoms with E-state index in [2.05, 4.69) is 0 Å². The van der Waals surface area contributed by atoms with Gasteiger partial charge in [-0.25, -0.2) is 4.79 Å². The van der Waals surface area contributed by atoms with Gasteiger partial charge in [-0.2, -0.15) is 0 Å². The van der Waals surface area contributed by atoms with Gasteiger partial charge in [-0.3, -0.25) is 0 Å². The van der Waals surface area contributed by atoms with E-state index in [1.807, 2.05) is 0 Å². The van der Waals surface area contributed by atoms with Crippen LogP contribution < -0.4 is 0 Å². The van der Waals surface area contributed by atoms with Gasteiger partial charge in [0, 0.05) is 5.02 Å². The summed E-state index contributed by atoms with van der Waals surface area (Å²) in [7, 11) is 0. The van der Waals surface area contributed by atoms with E-state index in [0.29, 0.717) is 17.9 Å². The Kier molecular flexibility index (Phi) is 5.70. The molecule has 1 unspecified atom stereocenters. The third-order valence-electron chi connectivity index (χ3n) is 3.26. The van der Waals surface area contributed by atoms with Crippen molar-refractivity contribution in [3.63, 3.8) is 0 Å². The Morgan fingerprint density at radius 1 is 1.09 bits per heavy atom. The van der Waals surface area contributed by atoms with Gasteiger partial charge in [0.1, 0.15) is 0 Å². The number of benzene rings is 2. The predicted octanol–water partition coefficient (Wildman–Crippen LogP) is 5.01. The van der Waals surface area contributed by atoms with Crippen molar-refractivity contribution in [3.05, 3.63) is 68.2 Å². The number of aromatic carboxylic acids is 1. The van der Waals surface area contributed by atoms with E-state index in [1.54, 1.807) is 36.4 Å². The highest BCUT2D eigenvalue weighted by Gasteiger charge is 2.16. The number of aliphatic hydroxyl groups excluding tert-OH is 1. The first-order chi connectivity index (χ1) is 10.4. The molecule has 1 atom stereocenters. The third kappa shape index (κ3) is 4.14. The third-order valence-corrected chi connectivity index (χ3v) is 4.09. The molecule has 22 heavy (non-hydrogen) atoms. The molecular weight excluding hydrogens is 347 g/mol. The van der Waals surface area contributed by atoms with Crippen LogP contribution in [0.1, 0.15) is 34.0 Å². The van der Waals surface area contributed by atoms with Gasteiger partial charge in [0.25, 0.3) is 0 Å². The molecule has 0 aromatic heterocycles. The van der Waals surface area contributed by atoms with Crippen LogP contribution in [-0.2, 0) is 6.42 Å². The van der Waals surface area contributed by atoms with Crippen LogP contribution in [0, 0.1) is 0 Å². The molecule has 0 bridgehead atoms. The van der Waals surface area contributed by atoms with Crippen molar-refractivity contribution in [1.29, 1.82) is 0 Å². The zero-order valence-corrected chi connectivity index (χ0v) is 13.7. The molecule has 0 aliphatic heterocycles. The van der Waals surface area contributed by atoms with E-state index in [9.17, 15) is 9.90 Å². The largest absolute Gasteiger partial charge is 0.478 e. The first kappa shape index (κ1) is 17.1. The van der Waals surface area contributed by atoms with Gasteiger partial charge >= 0.3 is 5.97 Å². The number of hydrogen-bond acceptors (Lipinski definition) is 2. The number of carbonyl (C=O) groups is 1. The molecule has 0 saturated carbocycles. The fourth-order valence-corrected chi connectivity index (χ4v) is 3.05. The van der Waals surface area contributed by atoms with E-state index in [-0.39, 0.29) is 15.6 Å². The highest BCUT2D eigenvalue weighted by Crippen LogP contribution is 2.29. The summed E-state index contributed by atoms with van der Waals surface area (Å²) in [4.78, 5) is 11.0. The summed E-state index contributed by atoms with van der Waals surface area (Å²) in [5, 5.41) is 19.9. The van der Waals surface area contributed by atoms with Crippen LogP contribution in [0.4, 0.5) is 0 Å². The predicted molar refractivity (Wildman–Crippen MR) is 88.2 cm³/mol. The van der Waals surface area contributed by atoms with Crippen LogP contribution in [0.2, 0.25) is 15.1 Å². The molecule has 6 heteroatoms. The SMILES string of the molecule is O=C(O)c1c(Cl)cc(CCC(O)c2cccc(Cl)c2)cc1Cl. The normalized spacial score (nSPS) is 12.2. The van der Waals surface area contributed by atoms with Gasteiger partial charge < -0.3 is 10.2 Å². The van der Waals surface area contributed by atoms with Crippen LogP contribution in [0.25, 0.3) is 0 Å². The Labute approximate surface area is 143 Å². The van der Waals surface area contributed by atoms with Crippen LogP contribution >= 0.6 is 34.8 Å². The maximum Gasteiger partial charge on any atom is 0.338 e. The van der Waals surface area contributed by atoms with Crippen molar-refractivity contribution in [3.8, 4) is 0 Å². The minimum atomic E-state index is -1.17. The van der Waals surface area contributed by atoms with E-state index >= 15 is 0 Å². The van der Waals surface area contributed by atoms with Gasteiger partial charge in [0.15, 0.2) is 0 Å². The Balaban J connectivity index is 2.10. The van der Waals surface area contributed by atoms with Crippen molar-refractivity contribution >= 4 is 40.8 Å². The molecule has 2 rings (SSSR count). The molecule has 0 fully saturated rings. The summed E-state index contributed by atoms with van der Waals surface area (Å²) in [5.74, 6) is -1.17. The Bertz CT molecular complexity index is 678. The fraction of sp³-hybridized carbons (Fsp3) is 0.188. The molecule has 2 aromatic rings. The maximum atomic E-state index is 11.0. The standard InChI is InChI=1S/C16H13Cl3O3/c17-11-3-1-2-10(8-11)14(20)5-4-9-6-12(18)15(16(21)22)13(19)7-9/h1-3,6-8,14,20H,4-5H2,(H,21,22). The van der Waals surface area contributed by atoms with Crippen molar-refractivity contribution < 1.29 is 15.0 Å². The minimum absolute atomic E-state index is 0.0900. The van der Waals surface area contributed by atoms with Crippen molar-refractivity contribution in [2.24, 2.45) is 0 Å². The van der Waals surface area contributed by atoms with Crippen LogP contribution in [0.3, 0.4) is 0 Å². The monoisotopic (exact) mass is 358 g/mol. The van der Waals surface area contributed by atoms with Crippen molar-refractivity contribution in [1.82, 2.24) is 0 Å². The van der Waals surface area contributed by atoms with Crippen molar-refractivity contribution in [2.75, 3.05) is 0 Å². The Morgan fingerprint density at radius 2 is 1.73 bits per heavy atom. The lowest BCUT2D eigenvalue weighted by atomic mass is 10.0. The van der Waals surface area contributed by atoms with Crippen LogP contribution in [0.5, 0.6) is 0 Å². The number of carboxylic acids is 1. The molecule has 0 amide bonds. The molecule has 2 aromatic carbocycles. The quantitative estimate of drug-likeness (QED) is 0.789. The number of rotatable bonds is 5. The smallest absolute Gasteiger partial charge is 0.338 e. The summed E-state index contributed by atoms with van der Waals surface area (Å²) in [6.07, 6.45) is 0.280. The number of carboxylic acid groups (broad SMARTS) is 1. The minimum Gasteiger partial charge on any atom is -0.478 e. The molecule has 0 saturated heterocycles. The van der Waals surface area contributed by atoms with Crippen LogP contribution in [0.15, 0.2) is 36.4 Å². The van der Waals surface area contributed by atoms with E-state index in [1.165, 1.54) is 0 Å². The van der Waals surface area contributed by atoms with E-state index in [4.69, 9.17) is 39.9 Å². The molecule has 0 aliphatic carbocycles. The molecule has 0 spiro atoms. The lowest BCUT2D eigenvalue weighted by Crippen LogP contribution is -2.02. The number of hydrogen-bond donors (Lipinski definition) is 2. The van der Waals surface area contributed by atoms with E-state index in [0.717, 1.165) is 11.1 Å². The first-order valence-electron chi connectivity index (χ1n) is 6.53. The van der Waals surface area contributed by atoms with Gasteiger partial charge in [-0.1, -0.05) is 46.9 Å². The highest BCUT2D eigenvalue weighted by molar-refractivity contribution is 6.39. The van der Waals surface area contributed by atoms with E-state index < -0.39 is 12.1 Å². The lowest BCUT2D eigenvalue weighted by molar-refractivity contribution is 0.0697. The zero-order chi connectivity index (χ0) is 16.3. The van der Waals surface area contributed by atoms with Gasteiger partial charge in [-0.05, 0) is 48.2 Å². The Hall–Kier alpha value is -1.26. The van der Waals surface area contributed by atoms with Crippen molar-refractivity contribution in [2.45, 2.75) is 18.9 Å². The molecule has 0 aliphatic rings. The summed E-state index contributed by atoms with van der Waals surface area (Å²) in [6.45, 7) is 0. The number of aliphatic hydroxyl groups is 1. The highest BCUT2D eigenvalue weighted by atomic mass is 35.5. The fourth-order valence-electron chi connectivity index (χ4n) is 2.16. The number of halogens is 3. The van der Waals surface area contributed by atoms with Gasteiger partial charge in [0.2, 0.25) is 0 Å². The maximum absolute atomic E-state index is 11.0.